The molecule has 9 aromatic rings. The van der Waals surface area contributed by atoms with E-state index >= 15 is 0 Å². The van der Waals surface area contributed by atoms with Gasteiger partial charge in [0.25, 0.3) is 15.7 Å². The minimum atomic E-state index is 0.528. The molecule has 10 nitrogen and oxygen atoms in total. The van der Waals surface area contributed by atoms with E-state index in [1.54, 1.807) is 35.3 Å². The first-order valence-electron chi connectivity index (χ1n) is 39.4. The molecule has 3 aromatic heterocycles. The Morgan fingerprint density at radius 3 is 0.621 bits per heavy atom. The number of nitrogens with zero attached hydrogens (tertiary/aromatic N) is 7. The SMILES string of the molecule is CCCCCCCCCCCCCCSc1nnc(-c2ccc(C#Cc3ccc(N(c4ccc(C#Cc5ccc(-c6nnc(SCCCCCCCCCCCCCC)o6)cc5)cc4)c4ccc(C#Cc5ccc(-c6nnc(SCCCCCCCCCCCCCC)o6)cc5)cc4)cc3)cc2)o1. The molecule has 0 amide bonds. The Kier molecular flexibility index (Phi) is 37.2. The summed E-state index contributed by atoms with van der Waals surface area (Å²) in [6.07, 6.45) is 48.3. The molecular formula is C90H111N7O3S3. The number of thioether (sulfide) groups is 3. The molecule has 0 bridgehead atoms. The molecule has 0 saturated heterocycles. The normalized spacial score (nSPS) is 11.1. The van der Waals surface area contributed by atoms with Gasteiger partial charge in [-0.2, -0.15) is 0 Å². The van der Waals surface area contributed by atoms with E-state index in [2.05, 4.69) is 165 Å². The molecule has 0 spiro atoms. The summed E-state index contributed by atoms with van der Waals surface area (Å²) in [6.45, 7) is 6.85. The summed E-state index contributed by atoms with van der Waals surface area (Å²) < 4.78 is 18.2. The standard InChI is InChI=1S/C90H111N7O3S3/c1-4-7-10-13-16-19-22-25-28-31-34-37-70-101-88-94-91-85(98-88)79-58-46-73(47-59-79)40-43-76-52-64-82(65-53-76)97(83-66-54-77(55-67-83)44-41-74-48-60-80(61-49-74)86-92-95-89(99-86)102-71-38-35-32-29-26-23-20-17-14-11-8-5-2)84-68-56-78(57-69-84)45-42-75-50-62-81(63-51-75)87-93-96-90(100-87)103-72-39-36-33-30-27-24-21-18-15-12-9-6-3/h46-69H,4-39,70-72H2,1-3H3. The predicted octanol–water partition coefficient (Wildman–Crippen LogP) is 26.9. The molecule has 0 unspecified atom stereocenters. The van der Waals surface area contributed by atoms with Crippen LogP contribution < -0.4 is 4.90 Å². The fraction of sp³-hybridized carbons (Fsp3) is 0.467. The second-order valence-electron chi connectivity index (χ2n) is 27.3. The van der Waals surface area contributed by atoms with Gasteiger partial charge in [0.2, 0.25) is 17.7 Å². The van der Waals surface area contributed by atoms with E-state index in [1.165, 1.54) is 212 Å². The average molecular weight is 1440 g/mol. The van der Waals surface area contributed by atoms with E-state index in [9.17, 15) is 0 Å². The molecule has 0 fully saturated rings. The summed E-state index contributed by atoms with van der Waals surface area (Å²) in [5, 5.41) is 28.0. The highest BCUT2D eigenvalue weighted by Crippen LogP contribution is 2.36. The smallest absolute Gasteiger partial charge is 0.276 e. The Morgan fingerprint density at radius 2 is 0.417 bits per heavy atom. The first-order valence-corrected chi connectivity index (χ1v) is 42.3. The largest absolute Gasteiger partial charge is 0.411 e. The van der Waals surface area contributed by atoms with Crippen molar-refractivity contribution in [3.8, 4) is 69.9 Å². The third-order valence-electron chi connectivity index (χ3n) is 18.7. The summed E-state index contributed by atoms with van der Waals surface area (Å²) >= 11 is 4.95. The second-order valence-corrected chi connectivity index (χ2v) is 30.4. The van der Waals surface area contributed by atoms with Crippen LogP contribution >= 0.6 is 35.3 Å². The Bertz CT molecular complexity index is 3550. The van der Waals surface area contributed by atoms with E-state index < -0.39 is 0 Å². The number of rotatable bonds is 48. The van der Waals surface area contributed by atoms with E-state index in [-0.39, 0.29) is 0 Å². The minimum absolute atomic E-state index is 0.528. The summed E-state index contributed by atoms with van der Waals surface area (Å²) in [7, 11) is 0. The van der Waals surface area contributed by atoms with Crippen LogP contribution in [0.5, 0.6) is 0 Å². The van der Waals surface area contributed by atoms with Crippen LogP contribution in [0.3, 0.4) is 0 Å². The second kappa shape index (κ2) is 48.3. The summed E-state index contributed by atoms with van der Waals surface area (Å²) in [6, 6.07) is 49.2. The Balaban J connectivity index is 0.780. The molecule has 13 heteroatoms. The molecule has 103 heavy (non-hydrogen) atoms. The van der Waals surface area contributed by atoms with E-state index in [0.29, 0.717) is 33.3 Å². The van der Waals surface area contributed by atoms with E-state index in [1.807, 2.05) is 72.8 Å². The Hall–Kier alpha value is -7.73. The molecule has 9 rings (SSSR count). The summed E-state index contributed by atoms with van der Waals surface area (Å²) in [4.78, 5) is 2.24. The zero-order chi connectivity index (χ0) is 71.2. The van der Waals surface area contributed by atoms with Crippen molar-refractivity contribution in [2.75, 3.05) is 22.2 Å². The number of aromatic nitrogens is 6. The molecule has 0 aliphatic carbocycles. The molecule has 3 heterocycles. The van der Waals surface area contributed by atoms with Gasteiger partial charge >= 0.3 is 0 Å². The lowest BCUT2D eigenvalue weighted by molar-refractivity contribution is 0.465. The topological polar surface area (TPSA) is 120 Å². The molecule has 0 atom stereocenters. The molecule has 0 saturated carbocycles. The van der Waals surface area contributed by atoms with Crippen molar-refractivity contribution >= 4 is 52.3 Å². The number of benzene rings is 6. The summed E-state index contributed by atoms with van der Waals surface area (Å²) in [5.74, 6) is 24.8. The van der Waals surface area contributed by atoms with Crippen LogP contribution in [0.2, 0.25) is 0 Å². The lowest BCUT2D eigenvalue weighted by Gasteiger charge is -2.25. The first-order chi connectivity index (χ1) is 51.0. The highest BCUT2D eigenvalue weighted by Gasteiger charge is 2.16. The van der Waals surface area contributed by atoms with Gasteiger partial charge in [0.1, 0.15) is 0 Å². The zero-order valence-electron chi connectivity index (χ0n) is 62.0. The fourth-order valence-electron chi connectivity index (χ4n) is 12.5. The van der Waals surface area contributed by atoms with Crippen LogP contribution in [0, 0.1) is 35.5 Å². The van der Waals surface area contributed by atoms with Gasteiger partial charge in [-0.25, -0.2) is 0 Å². The summed E-state index contributed by atoms with van der Waals surface area (Å²) in [5.41, 5.74) is 11.0. The van der Waals surface area contributed by atoms with Crippen molar-refractivity contribution in [2.45, 2.75) is 268 Å². The molecular weight excluding hydrogens is 1320 g/mol. The van der Waals surface area contributed by atoms with Crippen molar-refractivity contribution < 1.29 is 13.3 Å². The first kappa shape index (κ1) is 79.4. The average Bonchev–Trinajstić information content (AvgIpc) is 1.70. The number of hydrogen-bond donors (Lipinski definition) is 0. The van der Waals surface area contributed by atoms with E-state index in [0.717, 1.165) is 104 Å². The van der Waals surface area contributed by atoms with Crippen molar-refractivity contribution in [3.05, 3.63) is 179 Å². The fourth-order valence-corrected chi connectivity index (χ4v) is 14.8. The van der Waals surface area contributed by atoms with Crippen LogP contribution in [0.4, 0.5) is 17.1 Å². The maximum absolute atomic E-state index is 6.07. The molecule has 542 valence electrons. The molecule has 6 aromatic carbocycles. The number of unbranched alkanes of at least 4 members (excludes halogenated alkanes) is 33. The third kappa shape index (κ3) is 30.1. The van der Waals surface area contributed by atoms with Crippen LogP contribution in [0.15, 0.2) is 175 Å². The van der Waals surface area contributed by atoms with Gasteiger partial charge in [-0.15, -0.1) is 30.6 Å². The monoisotopic (exact) mass is 1430 g/mol. The van der Waals surface area contributed by atoms with Gasteiger partial charge in [0.15, 0.2) is 0 Å². The van der Waals surface area contributed by atoms with Crippen molar-refractivity contribution in [1.82, 2.24) is 30.6 Å². The maximum Gasteiger partial charge on any atom is 0.276 e. The molecule has 0 radical (unpaired) electrons. The van der Waals surface area contributed by atoms with Gasteiger partial charge in [-0.3, -0.25) is 0 Å². The molecule has 0 N–H and O–H groups in total. The highest BCUT2D eigenvalue weighted by molar-refractivity contribution is 7.99. The Morgan fingerprint density at radius 1 is 0.233 bits per heavy atom. The van der Waals surface area contributed by atoms with Crippen LogP contribution in [-0.4, -0.2) is 47.9 Å². The number of anilines is 3. The van der Waals surface area contributed by atoms with Gasteiger partial charge in [-0.05, 0) is 165 Å². The van der Waals surface area contributed by atoms with Crippen molar-refractivity contribution in [1.29, 1.82) is 0 Å². The van der Waals surface area contributed by atoms with Crippen LogP contribution in [0.1, 0.15) is 285 Å². The molecule has 0 aliphatic rings. The van der Waals surface area contributed by atoms with Gasteiger partial charge < -0.3 is 18.2 Å². The van der Waals surface area contributed by atoms with Gasteiger partial charge in [0, 0.05) is 84.4 Å². The van der Waals surface area contributed by atoms with Crippen LogP contribution in [-0.2, 0) is 0 Å². The van der Waals surface area contributed by atoms with Crippen LogP contribution in [0.25, 0.3) is 34.4 Å². The number of hydrogen-bond acceptors (Lipinski definition) is 13. The lowest BCUT2D eigenvalue weighted by atomic mass is 10.1. The zero-order valence-corrected chi connectivity index (χ0v) is 64.5. The maximum atomic E-state index is 6.07. The van der Waals surface area contributed by atoms with Crippen molar-refractivity contribution in [2.24, 2.45) is 0 Å². The quantitative estimate of drug-likeness (QED) is 0.0205. The lowest BCUT2D eigenvalue weighted by Crippen LogP contribution is -2.09. The minimum Gasteiger partial charge on any atom is -0.411 e. The highest BCUT2D eigenvalue weighted by atomic mass is 32.2. The van der Waals surface area contributed by atoms with Gasteiger partial charge in [-0.1, -0.05) is 303 Å². The Labute approximate surface area is 630 Å². The van der Waals surface area contributed by atoms with E-state index in [4.69, 9.17) is 13.3 Å². The third-order valence-corrected chi connectivity index (χ3v) is 21.4. The molecule has 0 aliphatic heterocycles. The van der Waals surface area contributed by atoms with Gasteiger partial charge in [0.05, 0.1) is 0 Å². The van der Waals surface area contributed by atoms with Crippen molar-refractivity contribution in [3.63, 3.8) is 0 Å². The predicted molar refractivity (Wildman–Crippen MR) is 434 cm³/mol.